The molecule has 16 heavy (non-hydrogen) atoms. The molecule has 0 radical (unpaired) electrons. The highest BCUT2D eigenvalue weighted by Crippen LogP contribution is 2.35. The summed E-state index contributed by atoms with van der Waals surface area (Å²) in [6, 6.07) is 12.0. The predicted molar refractivity (Wildman–Crippen MR) is 71.5 cm³/mol. The van der Waals surface area contributed by atoms with Gasteiger partial charge in [0.2, 0.25) is 8.32 Å². The first kappa shape index (κ1) is 11.0. The largest absolute Gasteiger partial charge is 0.544 e. The molecule has 2 N–H and O–H groups in total. The van der Waals surface area contributed by atoms with Gasteiger partial charge >= 0.3 is 0 Å². The molecule has 0 aromatic carbocycles. The van der Waals surface area contributed by atoms with Crippen molar-refractivity contribution in [1.29, 1.82) is 0 Å². The molecule has 2 nitrogen and oxygen atoms in total. The number of fused-ring (bicyclic) bond motifs is 1. The average Bonchev–Trinajstić information content (AvgIpc) is 2.41. The molecule has 0 saturated carbocycles. The summed E-state index contributed by atoms with van der Waals surface area (Å²) in [6.45, 7) is 6.55. The highest BCUT2D eigenvalue weighted by Gasteiger charge is 2.19. The van der Waals surface area contributed by atoms with Crippen LogP contribution in [0.4, 0.5) is 5.69 Å². The standard InChI is InChI=1S/C13H17NOSi/c1-16(2,3)15-13-9-5-10-4-6-11(14)7-8-12(10)13/h4-9H,14H2,1-3H3. The fraction of sp³-hybridized carbons (Fsp3) is 0.231. The van der Waals surface area contributed by atoms with E-state index in [9.17, 15) is 0 Å². The fourth-order valence-corrected chi connectivity index (χ4v) is 2.49. The summed E-state index contributed by atoms with van der Waals surface area (Å²) in [5.41, 5.74) is 8.84. The van der Waals surface area contributed by atoms with Crippen LogP contribution in [0.25, 0.3) is 11.1 Å². The van der Waals surface area contributed by atoms with Gasteiger partial charge in [-0.15, -0.1) is 0 Å². The van der Waals surface area contributed by atoms with E-state index in [4.69, 9.17) is 10.2 Å². The first-order chi connectivity index (χ1) is 7.46. The van der Waals surface area contributed by atoms with E-state index in [1.165, 1.54) is 5.56 Å². The fourth-order valence-electron chi connectivity index (χ4n) is 1.65. The van der Waals surface area contributed by atoms with Gasteiger partial charge in [0.05, 0.1) is 0 Å². The molecular formula is C13H17NOSi. The van der Waals surface area contributed by atoms with E-state index in [-0.39, 0.29) is 0 Å². The minimum atomic E-state index is -1.55. The lowest BCUT2D eigenvalue weighted by molar-refractivity contribution is 0.562. The molecular weight excluding hydrogens is 214 g/mol. The smallest absolute Gasteiger partial charge is 0.242 e. The van der Waals surface area contributed by atoms with Crippen LogP contribution in [-0.4, -0.2) is 8.32 Å². The molecule has 2 rings (SSSR count). The Labute approximate surface area is 97.5 Å². The van der Waals surface area contributed by atoms with Gasteiger partial charge in [-0.05, 0) is 49.5 Å². The number of hydrogen-bond donors (Lipinski definition) is 1. The maximum absolute atomic E-state index is 6.03. The summed E-state index contributed by atoms with van der Waals surface area (Å²) in [5, 5.41) is 0. The second-order valence-corrected chi connectivity index (χ2v) is 9.38. The molecule has 0 aromatic rings. The van der Waals surface area contributed by atoms with E-state index in [1.807, 2.05) is 30.3 Å². The zero-order chi connectivity index (χ0) is 11.8. The molecule has 0 aromatic heterocycles. The van der Waals surface area contributed by atoms with Crippen molar-refractivity contribution in [3.8, 4) is 16.9 Å². The quantitative estimate of drug-likeness (QED) is 0.802. The Morgan fingerprint density at radius 2 is 1.56 bits per heavy atom. The lowest BCUT2D eigenvalue weighted by Crippen LogP contribution is -2.29. The Balaban J connectivity index is 2.44. The van der Waals surface area contributed by atoms with Crippen LogP contribution in [0.2, 0.25) is 19.6 Å². The molecule has 84 valence electrons. The van der Waals surface area contributed by atoms with E-state index >= 15 is 0 Å². The summed E-state index contributed by atoms with van der Waals surface area (Å²) in [7, 11) is -1.55. The molecule has 0 unspecified atom stereocenters. The van der Waals surface area contributed by atoms with Gasteiger partial charge in [-0.1, -0.05) is 12.1 Å². The van der Waals surface area contributed by atoms with E-state index in [0.29, 0.717) is 0 Å². The Hall–Kier alpha value is -1.48. The van der Waals surface area contributed by atoms with Crippen molar-refractivity contribution in [2.75, 3.05) is 5.73 Å². The van der Waals surface area contributed by atoms with Crippen molar-refractivity contribution in [3.63, 3.8) is 0 Å². The predicted octanol–water partition coefficient (Wildman–Crippen LogP) is 3.59. The third kappa shape index (κ3) is 2.36. The van der Waals surface area contributed by atoms with E-state index in [0.717, 1.165) is 17.0 Å². The molecule has 0 fully saturated rings. The van der Waals surface area contributed by atoms with Crippen LogP contribution < -0.4 is 10.2 Å². The molecule has 0 atom stereocenters. The minimum Gasteiger partial charge on any atom is -0.544 e. The van der Waals surface area contributed by atoms with Crippen molar-refractivity contribution < 1.29 is 4.43 Å². The second kappa shape index (κ2) is 3.83. The Morgan fingerprint density at radius 3 is 2.25 bits per heavy atom. The topological polar surface area (TPSA) is 35.2 Å². The van der Waals surface area contributed by atoms with E-state index < -0.39 is 8.32 Å². The van der Waals surface area contributed by atoms with Gasteiger partial charge in [0.25, 0.3) is 0 Å². The lowest BCUT2D eigenvalue weighted by Gasteiger charge is -2.19. The first-order valence-corrected chi connectivity index (χ1v) is 8.84. The molecule has 0 aliphatic heterocycles. The van der Waals surface area contributed by atoms with Crippen LogP contribution in [0.5, 0.6) is 5.75 Å². The molecule has 0 bridgehead atoms. The normalized spacial score (nSPS) is 11.7. The van der Waals surface area contributed by atoms with Gasteiger partial charge in [-0.2, -0.15) is 0 Å². The van der Waals surface area contributed by atoms with Gasteiger partial charge in [0.15, 0.2) is 0 Å². The number of rotatable bonds is 2. The van der Waals surface area contributed by atoms with Gasteiger partial charge < -0.3 is 10.2 Å². The molecule has 2 aliphatic carbocycles. The SMILES string of the molecule is C[Si](C)(C)Oc1ccc2ccc(N)ccc1-2. The van der Waals surface area contributed by atoms with Crippen LogP contribution in [0.1, 0.15) is 0 Å². The van der Waals surface area contributed by atoms with Gasteiger partial charge in [-0.3, -0.25) is 0 Å². The highest BCUT2D eigenvalue weighted by molar-refractivity contribution is 6.70. The van der Waals surface area contributed by atoms with Gasteiger partial charge in [0.1, 0.15) is 5.75 Å². The monoisotopic (exact) mass is 231 g/mol. The average molecular weight is 231 g/mol. The van der Waals surface area contributed by atoms with Gasteiger partial charge in [-0.25, -0.2) is 0 Å². The molecule has 0 saturated heterocycles. The van der Waals surface area contributed by atoms with Crippen LogP contribution >= 0.6 is 0 Å². The summed E-state index contributed by atoms with van der Waals surface area (Å²) in [6.07, 6.45) is 0. The number of nitrogen functional groups attached to an aromatic ring is 1. The molecule has 0 heterocycles. The first-order valence-electron chi connectivity index (χ1n) is 5.43. The highest BCUT2D eigenvalue weighted by atomic mass is 28.4. The van der Waals surface area contributed by atoms with Crippen molar-refractivity contribution in [3.05, 3.63) is 36.4 Å². The summed E-state index contributed by atoms with van der Waals surface area (Å²) in [4.78, 5) is 0. The van der Waals surface area contributed by atoms with Gasteiger partial charge in [0, 0.05) is 11.3 Å². The number of anilines is 1. The maximum Gasteiger partial charge on any atom is 0.242 e. The third-order valence-electron chi connectivity index (χ3n) is 2.30. The molecule has 3 heteroatoms. The zero-order valence-corrected chi connectivity index (χ0v) is 10.9. The van der Waals surface area contributed by atoms with Crippen molar-refractivity contribution in [1.82, 2.24) is 0 Å². The van der Waals surface area contributed by atoms with Crippen LogP contribution in [0.3, 0.4) is 0 Å². The molecule has 0 amide bonds. The number of hydrogen-bond acceptors (Lipinski definition) is 2. The van der Waals surface area contributed by atoms with E-state index in [1.54, 1.807) is 0 Å². The Kier molecular flexibility index (Phi) is 2.64. The van der Waals surface area contributed by atoms with Crippen LogP contribution in [-0.2, 0) is 0 Å². The van der Waals surface area contributed by atoms with E-state index in [2.05, 4.69) is 25.7 Å². The lowest BCUT2D eigenvalue weighted by atomic mass is 10.2. The Morgan fingerprint density at radius 1 is 0.938 bits per heavy atom. The summed E-state index contributed by atoms with van der Waals surface area (Å²) in [5.74, 6) is 0.977. The molecule has 2 aliphatic rings. The second-order valence-electron chi connectivity index (χ2n) is 4.95. The van der Waals surface area contributed by atoms with Crippen molar-refractivity contribution in [2.24, 2.45) is 0 Å². The van der Waals surface area contributed by atoms with Crippen molar-refractivity contribution >= 4 is 14.0 Å². The zero-order valence-electron chi connectivity index (χ0n) is 9.95. The summed E-state index contributed by atoms with van der Waals surface area (Å²) < 4.78 is 6.03. The molecule has 0 spiro atoms. The van der Waals surface area contributed by atoms with Crippen LogP contribution in [0, 0.1) is 0 Å². The summed E-state index contributed by atoms with van der Waals surface area (Å²) >= 11 is 0. The number of nitrogens with two attached hydrogens (primary N) is 1. The maximum atomic E-state index is 6.03. The Bertz CT molecular complexity index is 476. The van der Waals surface area contributed by atoms with Crippen molar-refractivity contribution in [2.45, 2.75) is 19.6 Å². The van der Waals surface area contributed by atoms with Crippen LogP contribution in [0.15, 0.2) is 36.4 Å². The third-order valence-corrected chi connectivity index (χ3v) is 3.14. The minimum absolute atomic E-state index is 0.773.